The van der Waals surface area contributed by atoms with Gasteiger partial charge in [0.1, 0.15) is 5.69 Å². The van der Waals surface area contributed by atoms with Gasteiger partial charge in [-0.05, 0) is 55.0 Å². The molecule has 0 atom stereocenters. The Hall–Kier alpha value is -2.65. The van der Waals surface area contributed by atoms with Gasteiger partial charge in [-0.1, -0.05) is 45.2 Å². The van der Waals surface area contributed by atoms with E-state index in [0.29, 0.717) is 17.7 Å². The van der Waals surface area contributed by atoms with Crippen molar-refractivity contribution in [2.45, 2.75) is 19.8 Å². The van der Waals surface area contributed by atoms with Crippen molar-refractivity contribution in [3.63, 3.8) is 0 Å². The van der Waals surface area contributed by atoms with Crippen LogP contribution in [0.4, 0.5) is 5.69 Å². The quantitative estimate of drug-likeness (QED) is 0.322. The van der Waals surface area contributed by atoms with E-state index in [1.807, 2.05) is 25.1 Å². The normalized spacial score (nSPS) is 10.6. The Morgan fingerprint density at radius 1 is 0.933 bits per heavy atom. The topological polar surface area (TPSA) is 92.2 Å². The molecule has 2 aromatic carbocycles. The number of nitrogens with zero attached hydrogens (tertiary/aromatic N) is 1. The Labute approximate surface area is 190 Å². The fourth-order valence-electron chi connectivity index (χ4n) is 2.81. The maximum atomic E-state index is 12.9. The Kier molecular flexibility index (Phi) is 7.28. The third-order valence-corrected chi connectivity index (χ3v) is 5.36. The summed E-state index contributed by atoms with van der Waals surface area (Å²) in [5.74, 6) is -2.01. The van der Waals surface area contributed by atoms with Gasteiger partial charge in [0, 0.05) is 26.6 Å². The van der Waals surface area contributed by atoms with Crippen LogP contribution in [0.5, 0.6) is 0 Å². The van der Waals surface area contributed by atoms with Gasteiger partial charge in [0.05, 0.1) is 5.52 Å². The molecule has 0 bridgehead atoms. The Morgan fingerprint density at radius 2 is 1.63 bits per heavy atom. The van der Waals surface area contributed by atoms with Gasteiger partial charge in [-0.25, -0.2) is 4.68 Å². The van der Waals surface area contributed by atoms with E-state index in [0.717, 1.165) is 27.2 Å². The summed E-state index contributed by atoms with van der Waals surface area (Å²) in [5.41, 5.74) is 3.93. The first-order valence-corrected chi connectivity index (χ1v) is 10.9. The summed E-state index contributed by atoms with van der Waals surface area (Å²) in [6, 6.07) is 14.2. The number of carbonyl (C=O) groups excluding carboxylic acids is 3. The van der Waals surface area contributed by atoms with Crippen LogP contribution in [0.15, 0.2) is 57.5 Å². The first-order chi connectivity index (χ1) is 14.4. The molecule has 0 fully saturated rings. The molecule has 0 radical (unpaired) electrons. The molecule has 0 unspecified atom stereocenters. The number of carbonyl (C=O) groups is 3. The molecule has 0 spiro atoms. The highest BCUT2D eigenvalue weighted by Crippen LogP contribution is 2.24. The van der Waals surface area contributed by atoms with Crippen molar-refractivity contribution in [3.05, 3.63) is 63.2 Å². The zero-order chi connectivity index (χ0) is 21.7. The highest BCUT2D eigenvalue weighted by atomic mass is 79.9. The lowest BCUT2D eigenvalue weighted by Crippen LogP contribution is -2.40. The highest BCUT2D eigenvalue weighted by Gasteiger charge is 2.21. The van der Waals surface area contributed by atoms with E-state index in [1.165, 1.54) is 4.68 Å². The molecule has 156 valence electrons. The summed E-state index contributed by atoms with van der Waals surface area (Å²) in [6.45, 7) is 2.41. The monoisotopic (exact) mass is 534 g/mol. The van der Waals surface area contributed by atoms with Crippen molar-refractivity contribution >= 4 is 66.2 Å². The van der Waals surface area contributed by atoms with Crippen LogP contribution in [0, 0.1) is 0 Å². The molecule has 1 heterocycles. The molecule has 0 aliphatic carbocycles. The van der Waals surface area contributed by atoms with E-state index in [-0.39, 0.29) is 5.69 Å². The molecule has 3 rings (SSSR count). The van der Waals surface area contributed by atoms with Gasteiger partial charge in [0.15, 0.2) is 0 Å². The lowest BCUT2D eigenvalue weighted by atomic mass is 10.2. The second-order valence-corrected chi connectivity index (χ2v) is 8.41. The molecule has 0 aliphatic heterocycles. The van der Waals surface area contributed by atoms with Crippen LogP contribution in [-0.2, 0) is 9.59 Å². The van der Waals surface area contributed by atoms with Crippen molar-refractivity contribution in [2.24, 2.45) is 0 Å². The van der Waals surface area contributed by atoms with Crippen molar-refractivity contribution in [1.82, 2.24) is 9.99 Å². The number of benzene rings is 2. The third-order valence-electron chi connectivity index (χ3n) is 4.33. The van der Waals surface area contributed by atoms with Crippen molar-refractivity contribution in [2.75, 3.05) is 17.3 Å². The first kappa shape index (κ1) is 22.0. The molecule has 1 aromatic heterocycles. The molecule has 3 aromatic rings. The standard InChI is InChI=1S/C21H20Br2N4O3/c1-2-3-10-24-20(29)21(30)26-27-17-9-6-15(23)11-13(17)12-18(27)19(28)25-16-7-4-14(22)5-8-16/h4-9,11-12H,2-3,10H2,1H3,(H,24,29)(H,25,28)(H,26,30). The molecule has 0 saturated heterocycles. The van der Waals surface area contributed by atoms with Crippen LogP contribution in [0.1, 0.15) is 30.3 Å². The average molecular weight is 536 g/mol. The number of anilines is 1. The number of hydrogen-bond acceptors (Lipinski definition) is 3. The van der Waals surface area contributed by atoms with E-state index >= 15 is 0 Å². The van der Waals surface area contributed by atoms with E-state index < -0.39 is 17.7 Å². The van der Waals surface area contributed by atoms with Crippen molar-refractivity contribution in [1.29, 1.82) is 0 Å². The fourth-order valence-corrected chi connectivity index (χ4v) is 3.46. The minimum absolute atomic E-state index is 0.195. The molecule has 9 heteroatoms. The highest BCUT2D eigenvalue weighted by molar-refractivity contribution is 9.10. The van der Waals surface area contributed by atoms with Crippen molar-refractivity contribution < 1.29 is 14.4 Å². The summed E-state index contributed by atoms with van der Waals surface area (Å²) >= 11 is 6.76. The lowest BCUT2D eigenvalue weighted by molar-refractivity contribution is -0.136. The molecule has 3 amide bonds. The maximum Gasteiger partial charge on any atom is 0.328 e. The van der Waals surface area contributed by atoms with Crippen LogP contribution >= 0.6 is 31.9 Å². The second-order valence-electron chi connectivity index (χ2n) is 6.58. The number of nitrogens with one attached hydrogen (secondary N) is 3. The molecular formula is C21H20Br2N4O3. The predicted molar refractivity (Wildman–Crippen MR) is 124 cm³/mol. The van der Waals surface area contributed by atoms with Gasteiger partial charge < -0.3 is 10.6 Å². The van der Waals surface area contributed by atoms with Crippen LogP contribution in [0.2, 0.25) is 0 Å². The lowest BCUT2D eigenvalue weighted by Gasteiger charge is -2.13. The van der Waals surface area contributed by atoms with Crippen LogP contribution in [0.3, 0.4) is 0 Å². The number of hydrogen-bond donors (Lipinski definition) is 3. The number of halogens is 2. The minimum atomic E-state index is -0.843. The molecule has 0 saturated carbocycles. The van der Waals surface area contributed by atoms with E-state index in [2.05, 4.69) is 47.9 Å². The van der Waals surface area contributed by atoms with Crippen LogP contribution < -0.4 is 16.1 Å². The average Bonchev–Trinajstić information content (AvgIpc) is 3.07. The van der Waals surface area contributed by atoms with Crippen molar-refractivity contribution in [3.8, 4) is 0 Å². The second kappa shape index (κ2) is 9.90. The minimum Gasteiger partial charge on any atom is -0.348 e. The predicted octanol–water partition coefficient (Wildman–Crippen LogP) is 4.41. The SMILES string of the molecule is CCCCNC(=O)C(=O)Nn1c(C(=O)Nc2ccc(Br)cc2)cc2cc(Br)ccc21. The number of unbranched alkanes of at least 4 members (excludes halogenated alkanes) is 1. The molecular weight excluding hydrogens is 516 g/mol. The number of amides is 3. The molecule has 30 heavy (non-hydrogen) atoms. The maximum absolute atomic E-state index is 12.9. The zero-order valence-corrected chi connectivity index (χ0v) is 19.3. The van der Waals surface area contributed by atoms with Gasteiger partial charge in [-0.2, -0.15) is 0 Å². The Morgan fingerprint density at radius 3 is 2.33 bits per heavy atom. The van der Waals surface area contributed by atoms with Gasteiger partial charge >= 0.3 is 11.8 Å². The van der Waals surface area contributed by atoms with Crippen LogP contribution in [0.25, 0.3) is 10.9 Å². The molecule has 3 N–H and O–H groups in total. The summed E-state index contributed by atoms with van der Waals surface area (Å²) in [5, 5.41) is 6.10. The molecule has 7 nitrogen and oxygen atoms in total. The number of aromatic nitrogens is 1. The summed E-state index contributed by atoms with van der Waals surface area (Å²) in [7, 11) is 0. The number of rotatable bonds is 6. The smallest absolute Gasteiger partial charge is 0.328 e. The fraction of sp³-hybridized carbons (Fsp3) is 0.190. The summed E-state index contributed by atoms with van der Waals surface area (Å²) < 4.78 is 3.05. The Balaban J connectivity index is 1.89. The van der Waals surface area contributed by atoms with E-state index in [9.17, 15) is 14.4 Å². The zero-order valence-electron chi connectivity index (χ0n) is 16.2. The summed E-state index contributed by atoms with van der Waals surface area (Å²) in [6.07, 6.45) is 1.68. The van der Waals surface area contributed by atoms with Crippen LogP contribution in [-0.4, -0.2) is 28.9 Å². The van der Waals surface area contributed by atoms with E-state index in [4.69, 9.17) is 0 Å². The third kappa shape index (κ3) is 5.28. The van der Waals surface area contributed by atoms with Gasteiger partial charge in [-0.15, -0.1) is 0 Å². The summed E-state index contributed by atoms with van der Waals surface area (Å²) in [4.78, 5) is 37.4. The number of fused-ring (bicyclic) bond motifs is 1. The molecule has 0 aliphatic rings. The Bertz CT molecular complexity index is 1090. The van der Waals surface area contributed by atoms with Gasteiger partial charge in [0.2, 0.25) is 0 Å². The largest absolute Gasteiger partial charge is 0.348 e. The van der Waals surface area contributed by atoms with Gasteiger partial charge in [-0.3, -0.25) is 19.8 Å². The first-order valence-electron chi connectivity index (χ1n) is 9.36. The van der Waals surface area contributed by atoms with Gasteiger partial charge in [0.25, 0.3) is 5.91 Å². The van der Waals surface area contributed by atoms with E-state index in [1.54, 1.807) is 30.3 Å².